The van der Waals surface area contributed by atoms with E-state index in [-0.39, 0.29) is 10.8 Å². The summed E-state index contributed by atoms with van der Waals surface area (Å²) in [6.07, 6.45) is 1.78. The topological polar surface area (TPSA) is 93.5 Å². The molecule has 9 heteroatoms. The first-order chi connectivity index (χ1) is 18.2. The molecule has 0 aliphatic carbocycles. The van der Waals surface area contributed by atoms with Gasteiger partial charge in [0, 0.05) is 43.2 Å². The zero-order valence-electron chi connectivity index (χ0n) is 21.7. The van der Waals surface area contributed by atoms with Gasteiger partial charge in [0.1, 0.15) is 11.1 Å². The largest absolute Gasteiger partial charge is 0.312 e. The predicted octanol–water partition coefficient (Wildman–Crippen LogP) is 5.10. The highest BCUT2D eigenvalue weighted by Crippen LogP contribution is 2.37. The SMILES string of the molecule is C[C@@H]1C[C@@H](C)CN(S(=O)(=O)c2ccc(C(=O)Nc3sc4c(c3C#N)CCN(Cc3ccccc3)C4)cc2)C1. The highest BCUT2D eigenvalue weighted by molar-refractivity contribution is 7.89. The van der Waals surface area contributed by atoms with Crippen molar-refractivity contribution in [3.8, 4) is 6.07 Å². The Bertz CT molecular complexity index is 1450. The molecule has 1 aromatic heterocycles. The van der Waals surface area contributed by atoms with Gasteiger partial charge in [-0.15, -0.1) is 11.3 Å². The van der Waals surface area contributed by atoms with E-state index >= 15 is 0 Å². The van der Waals surface area contributed by atoms with Gasteiger partial charge >= 0.3 is 0 Å². The summed E-state index contributed by atoms with van der Waals surface area (Å²) in [6.45, 7) is 7.60. The average molecular weight is 549 g/mol. The van der Waals surface area contributed by atoms with Crippen LogP contribution in [-0.2, 0) is 29.5 Å². The number of hydrogen-bond acceptors (Lipinski definition) is 6. The van der Waals surface area contributed by atoms with Gasteiger partial charge in [0.2, 0.25) is 10.0 Å². The third-order valence-electron chi connectivity index (χ3n) is 7.31. The van der Waals surface area contributed by atoms with E-state index in [1.54, 1.807) is 16.4 Å². The molecule has 2 aliphatic rings. The van der Waals surface area contributed by atoms with Crippen LogP contribution in [0.25, 0.3) is 0 Å². The van der Waals surface area contributed by atoms with Crippen molar-refractivity contribution < 1.29 is 13.2 Å². The Labute approximate surface area is 228 Å². The monoisotopic (exact) mass is 548 g/mol. The summed E-state index contributed by atoms with van der Waals surface area (Å²) < 4.78 is 27.9. The molecule has 1 amide bonds. The molecule has 0 radical (unpaired) electrons. The molecular weight excluding hydrogens is 516 g/mol. The maximum absolute atomic E-state index is 13.2. The van der Waals surface area contributed by atoms with E-state index in [1.165, 1.54) is 29.0 Å². The maximum atomic E-state index is 13.2. The Morgan fingerprint density at radius 1 is 1.08 bits per heavy atom. The molecule has 2 aromatic carbocycles. The van der Waals surface area contributed by atoms with Gasteiger partial charge in [0.05, 0.1) is 10.5 Å². The van der Waals surface area contributed by atoms with Gasteiger partial charge in [-0.2, -0.15) is 9.57 Å². The second-order valence-electron chi connectivity index (χ2n) is 10.5. The van der Waals surface area contributed by atoms with Gasteiger partial charge in [-0.05, 0) is 60.1 Å². The Kier molecular flexibility index (Phi) is 7.68. The van der Waals surface area contributed by atoms with E-state index in [0.717, 1.165) is 42.9 Å². The van der Waals surface area contributed by atoms with Crippen molar-refractivity contribution in [2.24, 2.45) is 11.8 Å². The summed E-state index contributed by atoms with van der Waals surface area (Å²) in [5.74, 6) is 0.273. The fraction of sp³-hybridized carbons (Fsp3) is 0.379. The number of piperidine rings is 1. The first-order valence-corrected chi connectivity index (χ1v) is 15.2. The molecule has 1 N–H and O–H groups in total. The minimum Gasteiger partial charge on any atom is -0.312 e. The normalized spacial score (nSPS) is 20.4. The van der Waals surface area contributed by atoms with E-state index in [2.05, 4.69) is 42.3 Å². The molecule has 0 bridgehead atoms. The number of hydrogen-bond donors (Lipinski definition) is 1. The summed E-state index contributed by atoms with van der Waals surface area (Å²) in [5.41, 5.74) is 3.15. The Balaban J connectivity index is 1.29. The number of carbonyl (C=O) groups is 1. The molecule has 7 nitrogen and oxygen atoms in total. The lowest BCUT2D eigenvalue weighted by molar-refractivity contribution is 0.102. The van der Waals surface area contributed by atoms with Crippen molar-refractivity contribution >= 4 is 32.3 Å². The first-order valence-electron chi connectivity index (χ1n) is 13.0. The molecular formula is C29H32N4O3S2. The highest BCUT2D eigenvalue weighted by Gasteiger charge is 2.32. The maximum Gasteiger partial charge on any atom is 0.256 e. The molecule has 1 fully saturated rings. The van der Waals surface area contributed by atoms with Gasteiger partial charge < -0.3 is 5.32 Å². The third kappa shape index (κ3) is 5.54. The van der Waals surface area contributed by atoms with Crippen LogP contribution in [0.3, 0.4) is 0 Å². The Morgan fingerprint density at radius 2 is 1.76 bits per heavy atom. The quantitative estimate of drug-likeness (QED) is 0.463. The molecule has 2 atom stereocenters. The van der Waals surface area contributed by atoms with Gasteiger partial charge in [-0.25, -0.2) is 8.42 Å². The van der Waals surface area contributed by atoms with Crippen LogP contribution in [0.2, 0.25) is 0 Å². The number of rotatable bonds is 6. The van der Waals surface area contributed by atoms with Crippen molar-refractivity contribution in [1.29, 1.82) is 5.26 Å². The lowest BCUT2D eigenvalue weighted by Crippen LogP contribution is -2.42. The van der Waals surface area contributed by atoms with E-state index in [0.29, 0.717) is 41.1 Å². The van der Waals surface area contributed by atoms with Crippen molar-refractivity contribution in [2.75, 3.05) is 25.0 Å². The number of anilines is 1. The van der Waals surface area contributed by atoms with E-state index in [1.807, 2.05) is 18.2 Å². The van der Waals surface area contributed by atoms with Crippen LogP contribution in [0.5, 0.6) is 0 Å². The average Bonchev–Trinajstić information content (AvgIpc) is 3.24. The smallest absolute Gasteiger partial charge is 0.256 e. The van der Waals surface area contributed by atoms with E-state index in [9.17, 15) is 18.5 Å². The number of nitrogens with zero attached hydrogens (tertiary/aromatic N) is 3. The fourth-order valence-corrected chi connectivity index (χ4v) is 8.46. The summed E-state index contributed by atoms with van der Waals surface area (Å²) in [5, 5.41) is 13.3. The Hall–Kier alpha value is -3.03. The number of benzene rings is 2. The summed E-state index contributed by atoms with van der Waals surface area (Å²) in [6, 6.07) is 18.7. The van der Waals surface area contributed by atoms with Crippen LogP contribution >= 0.6 is 11.3 Å². The van der Waals surface area contributed by atoms with Crippen LogP contribution in [-0.4, -0.2) is 43.2 Å². The number of nitrogens with one attached hydrogen (secondary N) is 1. The van der Waals surface area contributed by atoms with Gasteiger partial charge in [0.15, 0.2) is 0 Å². The van der Waals surface area contributed by atoms with Crippen LogP contribution in [0.1, 0.15) is 52.2 Å². The molecule has 1 saturated heterocycles. The Morgan fingerprint density at radius 3 is 2.42 bits per heavy atom. The molecule has 0 spiro atoms. The fourth-order valence-electron chi connectivity index (χ4n) is 5.54. The summed E-state index contributed by atoms with van der Waals surface area (Å²) in [4.78, 5) is 16.7. The third-order valence-corrected chi connectivity index (χ3v) is 10.3. The lowest BCUT2D eigenvalue weighted by atomic mass is 9.94. The number of carbonyl (C=O) groups excluding carboxylic acids is 1. The minimum atomic E-state index is -3.61. The van der Waals surface area contributed by atoms with E-state index < -0.39 is 10.0 Å². The number of amides is 1. The molecule has 38 heavy (non-hydrogen) atoms. The second kappa shape index (κ2) is 11.0. The zero-order chi connectivity index (χ0) is 26.9. The molecule has 3 heterocycles. The number of fused-ring (bicyclic) bond motifs is 1. The van der Waals surface area contributed by atoms with Crippen molar-refractivity contribution in [2.45, 2.75) is 44.7 Å². The summed E-state index contributed by atoms with van der Waals surface area (Å²) >= 11 is 1.45. The van der Waals surface area contributed by atoms with Crippen molar-refractivity contribution in [3.63, 3.8) is 0 Å². The number of sulfonamides is 1. The van der Waals surface area contributed by atoms with Gasteiger partial charge in [-0.1, -0.05) is 44.2 Å². The van der Waals surface area contributed by atoms with Crippen molar-refractivity contribution in [3.05, 3.63) is 81.7 Å². The molecule has 5 rings (SSSR count). The lowest BCUT2D eigenvalue weighted by Gasteiger charge is -2.34. The molecule has 2 aliphatic heterocycles. The van der Waals surface area contributed by atoms with Gasteiger partial charge in [-0.3, -0.25) is 9.69 Å². The van der Waals surface area contributed by atoms with Crippen LogP contribution in [0.4, 0.5) is 5.00 Å². The van der Waals surface area contributed by atoms with Crippen molar-refractivity contribution in [1.82, 2.24) is 9.21 Å². The van der Waals surface area contributed by atoms with Crippen LogP contribution < -0.4 is 5.32 Å². The summed E-state index contributed by atoms with van der Waals surface area (Å²) in [7, 11) is -3.61. The highest BCUT2D eigenvalue weighted by atomic mass is 32.2. The minimum absolute atomic E-state index is 0.193. The molecule has 198 valence electrons. The number of thiophene rings is 1. The molecule has 0 saturated carbocycles. The van der Waals surface area contributed by atoms with E-state index in [4.69, 9.17) is 0 Å². The van der Waals surface area contributed by atoms with Gasteiger partial charge in [0.25, 0.3) is 5.91 Å². The molecule has 0 unspecified atom stereocenters. The van der Waals surface area contributed by atoms with Crippen LogP contribution in [0, 0.1) is 23.2 Å². The number of nitriles is 1. The zero-order valence-corrected chi connectivity index (χ0v) is 23.3. The first kappa shape index (κ1) is 26.6. The van der Waals surface area contributed by atoms with Crippen LogP contribution in [0.15, 0.2) is 59.5 Å². The molecule has 3 aromatic rings. The predicted molar refractivity (Wildman–Crippen MR) is 149 cm³/mol. The standard InChI is InChI=1S/C29H32N4O3S2/c1-20-14-21(2)17-33(16-20)38(35,36)24-10-8-23(9-11-24)28(34)31-29-26(15-30)25-12-13-32(19-27(25)37-29)18-22-6-4-3-5-7-22/h3-11,20-21H,12-14,16-19H2,1-2H3,(H,31,34)/t20-,21-/m1/s1. The second-order valence-corrected chi connectivity index (χ2v) is 13.6.